The molecule has 2 aliphatic rings. The Morgan fingerprint density at radius 2 is 0.913 bits per heavy atom. The van der Waals surface area contributed by atoms with Crippen LogP contribution in [0.15, 0.2) is 96.1 Å². The minimum atomic E-state index is -5.37. The molecular formula is C36H31Cl2F6SiZr. The summed E-state index contributed by atoms with van der Waals surface area (Å²) in [7, 11) is 16.3. The molecule has 0 spiro atoms. The first kappa shape index (κ1) is 33.5. The van der Waals surface area contributed by atoms with Crippen LogP contribution < -0.4 is 0 Å². The fourth-order valence-electron chi connectivity index (χ4n) is 7.80. The van der Waals surface area contributed by atoms with Crippen molar-refractivity contribution < 1.29 is 41.9 Å². The van der Waals surface area contributed by atoms with E-state index in [9.17, 15) is 26.3 Å². The van der Waals surface area contributed by atoms with Crippen molar-refractivity contribution >= 4 is 35.1 Å². The zero-order valence-electron chi connectivity index (χ0n) is 25.5. The monoisotopic (exact) mass is 765 g/mol. The number of halogens is 8. The van der Waals surface area contributed by atoms with E-state index in [-0.39, 0.29) is 11.1 Å². The van der Waals surface area contributed by atoms with Crippen LogP contribution in [0, 0.1) is 0 Å². The van der Waals surface area contributed by atoms with Crippen molar-refractivity contribution in [1.29, 1.82) is 0 Å². The second-order valence-corrected chi connectivity index (χ2v) is 55.2. The number of hydrogen-bond donors (Lipinski definition) is 0. The Labute approximate surface area is 273 Å². The average Bonchev–Trinajstić information content (AvgIpc) is 3.52. The van der Waals surface area contributed by atoms with Gasteiger partial charge in [-0.2, -0.15) is 0 Å². The summed E-state index contributed by atoms with van der Waals surface area (Å²) in [6.07, 6.45) is -5.60. The van der Waals surface area contributed by atoms with Gasteiger partial charge in [-0.15, -0.1) is 0 Å². The maximum atomic E-state index is 14.5. The Hall–Kier alpha value is -2.38. The Balaban J connectivity index is 1.62. The molecule has 2 unspecified atom stereocenters. The van der Waals surface area contributed by atoms with Gasteiger partial charge in [-0.05, 0) is 0 Å². The van der Waals surface area contributed by atoms with Crippen molar-refractivity contribution in [2.24, 2.45) is 0 Å². The van der Waals surface area contributed by atoms with Crippen LogP contribution in [0.5, 0.6) is 0 Å². The predicted octanol–water partition coefficient (Wildman–Crippen LogP) is 12.7. The van der Waals surface area contributed by atoms with Crippen LogP contribution in [-0.2, 0) is 27.9 Å². The van der Waals surface area contributed by atoms with Crippen molar-refractivity contribution in [2.45, 2.75) is 46.5 Å². The molecule has 0 saturated heterocycles. The summed E-state index contributed by atoms with van der Waals surface area (Å²) in [4.78, 5) is 0. The molecule has 0 radical (unpaired) electrons. The summed E-state index contributed by atoms with van der Waals surface area (Å²) in [5.74, 6) is -2.07. The Kier molecular flexibility index (Phi) is 8.28. The maximum absolute atomic E-state index is 14.5. The molecule has 0 N–H and O–H groups in total. The van der Waals surface area contributed by atoms with Crippen LogP contribution in [-0.4, -0.2) is 5.92 Å². The molecule has 6 rings (SSSR count). The number of alkyl halides is 6. The summed E-state index contributed by atoms with van der Waals surface area (Å²) in [5.41, 5.74) is 3.39. The standard InChI is InChI=1S/2C17H12F3.C2H7Si.2ClH.Zr/c2*1-11-9-13-7-8-15(17(18,19)20)16(14(13)10-11)12-5-3-2-4-6-12;1-3-2;;;/h2*2-10H,1H3;3H,1-2H3;2*1H;/q;;;;;+2/p-2. The van der Waals surface area contributed by atoms with Crippen LogP contribution in [0.1, 0.15) is 54.5 Å². The molecule has 4 aromatic rings. The molecule has 0 saturated carbocycles. The normalized spacial score (nSPS) is 18.9. The molecule has 2 aliphatic carbocycles. The molecular weight excluding hydrogens is 737 g/mol. The van der Waals surface area contributed by atoms with Gasteiger partial charge in [0.25, 0.3) is 0 Å². The molecule has 10 heteroatoms. The second kappa shape index (κ2) is 11.4. The van der Waals surface area contributed by atoms with Gasteiger partial charge in [0.1, 0.15) is 0 Å². The van der Waals surface area contributed by atoms with Gasteiger partial charge in [0.05, 0.1) is 0 Å². The fourth-order valence-corrected chi connectivity index (χ4v) is 40.7. The van der Waals surface area contributed by atoms with Crippen LogP contribution >= 0.6 is 17.0 Å². The molecule has 46 heavy (non-hydrogen) atoms. The summed E-state index contributed by atoms with van der Waals surface area (Å²) >= 11 is -5.37. The van der Waals surface area contributed by atoms with Crippen molar-refractivity contribution in [1.82, 2.24) is 0 Å². The SMILES string of the molecule is CC1=Cc2c(ccc(C(F)(F)F)c2-c2ccccc2)[CH]1[Zr]([Cl])([Cl])([CH]1C(C)=Cc2c1ccc(C(F)(F)F)c2-c1ccccc1)[SiH](C)C. The fraction of sp³-hybridized carbons (Fsp3) is 0.222. The van der Waals surface area contributed by atoms with Gasteiger partial charge in [-0.1, -0.05) is 0 Å². The van der Waals surface area contributed by atoms with Crippen molar-refractivity contribution in [3.05, 3.63) is 129 Å². The van der Waals surface area contributed by atoms with E-state index in [0.717, 1.165) is 23.3 Å². The average molecular weight is 768 g/mol. The van der Waals surface area contributed by atoms with Crippen LogP contribution in [0.4, 0.5) is 26.3 Å². The number of hydrogen-bond acceptors (Lipinski definition) is 0. The van der Waals surface area contributed by atoms with Crippen molar-refractivity contribution in [2.75, 3.05) is 0 Å². The van der Waals surface area contributed by atoms with E-state index < -0.39 is 52.2 Å². The van der Waals surface area contributed by atoms with Crippen LogP contribution in [0.3, 0.4) is 0 Å². The Morgan fingerprint density at radius 1 is 0.565 bits per heavy atom. The number of benzene rings is 4. The van der Waals surface area contributed by atoms with Gasteiger partial charge in [-0.3, -0.25) is 0 Å². The van der Waals surface area contributed by atoms with Crippen LogP contribution in [0.25, 0.3) is 34.4 Å². The summed E-state index contributed by atoms with van der Waals surface area (Å²) in [5, 5.41) is 0. The summed E-state index contributed by atoms with van der Waals surface area (Å²) < 4.78 is 85.7. The topological polar surface area (TPSA) is 0 Å². The number of fused-ring (bicyclic) bond motifs is 2. The third-order valence-electron chi connectivity index (χ3n) is 9.78. The van der Waals surface area contributed by atoms with Gasteiger partial charge < -0.3 is 0 Å². The van der Waals surface area contributed by atoms with Gasteiger partial charge in [0, 0.05) is 0 Å². The molecule has 4 aromatic carbocycles. The zero-order valence-corrected chi connectivity index (χ0v) is 30.6. The third-order valence-corrected chi connectivity index (χ3v) is 62.0. The van der Waals surface area contributed by atoms with E-state index in [2.05, 4.69) is 13.1 Å². The first-order valence-corrected chi connectivity index (χ1v) is 31.3. The van der Waals surface area contributed by atoms with E-state index in [0.29, 0.717) is 33.4 Å². The molecule has 239 valence electrons. The number of allylic oxidation sites excluding steroid dienone is 2. The predicted molar refractivity (Wildman–Crippen MR) is 177 cm³/mol. The molecule has 0 fully saturated rings. The first-order valence-electron chi connectivity index (χ1n) is 15.0. The van der Waals surface area contributed by atoms with Crippen LogP contribution in [0.2, 0.25) is 13.1 Å². The Morgan fingerprint density at radius 3 is 1.22 bits per heavy atom. The molecule has 0 heterocycles. The van der Waals surface area contributed by atoms with E-state index in [1.807, 2.05) is 13.8 Å². The molecule has 0 amide bonds. The molecule has 0 nitrogen and oxygen atoms in total. The van der Waals surface area contributed by atoms with Crippen molar-refractivity contribution in [3.63, 3.8) is 0 Å². The Bertz CT molecular complexity index is 1780. The van der Waals surface area contributed by atoms with E-state index >= 15 is 0 Å². The minimum absolute atomic E-state index is 0.0867. The van der Waals surface area contributed by atoms with Gasteiger partial charge in [-0.25, -0.2) is 0 Å². The molecule has 0 aromatic heterocycles. The molecule has 0 bridgehead atoms. The van der Waals surface area contributed by atoms with Gasteiger partial charge in [0.15, 0.2) is 0 Å². The molecule has 2 atom stereocenters. The quantitative estimate of drug-likeness (QED) is 0.140. The molecule has 0 aliphatic heterocycles. The first-order chi connectivity index (χ1) is 21.5. The summed E-state index contributed by atoms with van der Waals surface area (Å²) in [6, 6.07) is 22.3. The van der Waals surface area contributed by atoms with E-state index in [4.69, 9.17) is 17.0 Å². The second-order valence-electron chi connectivity index (χ2n) is 12.7. The van der Waals surface area contributed by atoms with Gasteiger partial charge >= 0.3 is 275 Å². The summed E-state index contributed by atoms with van der Waals surface area (Å²) in [6.45, 7) is 7.90. The zero-order chi connectivity index (χ0) is 33.4. The van der Waals surface area contributed by atoms with E-state index in [1.165, 1.54) is 12.1 Å². The van der Waals surface area contributed by atoms with Gasteiger partial charge in [0.2, 0.25) is 0 Å². The van der Waals surface area contributed by atoms with Crippen molar-refractivity contribution in [3.8, 4) is 22.3 Å². The third kappa shape index (κ3) is 5.14. The number of rotatable bonds is 5. The van der Waals surface area contributed by atoms with E-state index in [1.54, 1.807) is 72.8 Å².